The van der Waals surface area contributed by atoms with E-state index in [2.05, 4.69) is 10.6 Å². The number of rotatable bonds is 9. The molecule has 39 heavy (non-hydrogen) atoms. The summed E-state index contributed by atoms with van der Waals surface area (Å²) in [6.07, 6.45) is 1.57. The summed E-state index contributed by atoms with van der Waals surface area (Å²) in [7, 11) is 1.52. The number of amides is 4. The van der Waals surface area contributed by atoms with E-state index in [9.17, 15) is 19.2 Å². The van der Waals surface area contributed by atoms with Crippen LogP contribution in [0.15, 0.2) is 71.6 Å². The van der Waals surface area contributed by atoms with Crippen molar-refractivity contribution in [2.24, 2.45) is 0 Å². The van der Waals surface area contributed by atoms with Crippen molar-refractivity contribution in [2.75, 3.05) is 30.9 Å². The number of carbonyl (C=O) groups excluding carboxylic acids is 4. The Morgan fingerprint density at radius 3 is 2.36 bits per heavy atom. The third kappa shape index (κ3) is 7.05. The number of para-hydroxylation sites is 2. The van der Waals surface area contributed by atoms with Crippen LogP contribution in [0.3, 0.4) is 0 Å². The van der Waals surface area contributed by atoms with E-state index >= 15 is 0 Å². The van der Waals surface area contributed by atoms with E-state index in [1.165, 1.54) is 7.11 Å². The molecule has 2 N–H and O–H groups in total. The first-order valence-electron chi connectivity index (χ1n) is 12.0. The number of anilines is 2. The van der Waals surface area contributed by atoms with E-state index in [-0.39, 0.29) is 24.0 Å². The summed E-state index contributed by atoms with van der Waals surface area (Å²) < 4.78 is 10.8. The van der Waals surface area contributed by atoms with Crippen LogP contribution in [0.2, 0.25) is 0 Å². The number of nitrogens with one attached hydrogen (secondary N) is 2. The molecule has 9 nitrogen and oxygen atoms in total. The van der Waals surface area contributed by atoms with Gasteiger partial charge < -0.3 is 20.1 Å². The maximum Gasteiger partial charge on any atom is 0.294 e. The molecule has 0 radical (unpaired) electrons. The number of carbonyl (C=O) groups is 4. The first kappa shape index (κ1) is 27.5. The molecule has 3 aromatic rings. The highest BCUT2D eigenvalue weighted by Gasteiger charge is 2.36. The number of hydrogen-bond donors (Lipinski definition) is 2. The molecule has 10 heteroatoms. The molecule has 1 aliphatic heterocycles. The minimum absolute atomic E-state index is 0.208. The van der Waals surface area contributed by atoms with Gasteiger partial charge in [0.15, 0.2) is 6.61 Å². The average molecular weight is 546 g/mol. The number of ether oxygens (including phenoxy) is 2. The van der Waals surface area contributed by atoms with E-state index in [0.717, 1.165) is 27.8 Å². The number of methoxy groups -OCH3 is 1. The number of benzene rings is 3. The molecule has 0 spiro atoms. The van der Waals surface area contributed by atoms with Gasteiger partial charge in [-0.25, -0.2) is 0 Å². The molecule has 4 amide bonds. The van der Waals surface area contributed by atoms with Crippen LogP contribution in [0.25, 0.3) is 6.08 Å². The molecule has 1 aliphatic rings. The van der Waals surface area contributed by atoms with Gasteiger partial charge in [-0.05, 0) is 73.1 Å². The maximum absolute atomic E-state index is 12.8. The lowest BCUT2D eigenvalue weighted by Crippen LogP contribution is -2.36. The van der Waals surface area contributed by atoms with Crippen molar-refractivity contribution in [3.63, 3.8) is 0 Å². The van der Waals surface area contributed by atoms with Crippen molar-refractivity contribution < 1.29 is 28.7 Å². The molecule has 3 aromatic carbocycles. The van der Waals surface area contributed by atoms with Crippen molar-refractivity contribution in [3.05, 3.63) is 88.3 Å². The third-order valence-electron chi connectivity index (χ3n) is 5.76. The van der Waals surface area contributed by atoms with Gasteiger partial charge in [0.1, 0.15) is 18.0 Å². The predicted octanol–water partition coefficient (Wildman–Crippen LogP) is 5.00. The van der Waals surface area contributed by atoms with Crippen LogP contribution >= 0.6 is 11.8 Å². The van der Waals surface area contributed by atoms with E-state index < -0.39 is 17.1 Å². The summed E-state index contributed by atoms with van der Waals surface area (Å²) >= 11 is 0.776. The van der Waals surface area contributed by atoms with Crippen LogP contribution in [-0.4, -0.2) is 48.1 Å². The number of aryl methyl sites for hydroxylation is 2. The summed E-state index contributed by atoms with van der Waals surface area (Å²) in [5, 5.41) is 4.97. The summed E-state index contributed by atoms with van der Waals surface area (Å²) in [5.41, 5.74) is 3.79. The zero-order valence-corrected chi connectivity index (χ0v) is 22.5. The van der Waals surface area contributed by atoms with Gasteiger partial charge in [-0.3, -0.25) is 24.1 Å². The van der Waals surface area contributed by atoms with Gasteiger partial charge >= 0.3 is 0 Å². The number of hydrogen-bond acceptors (Lipinski definition) is 7. The Balaban J connectivity index is 1.32. The van der Waals surface area contributed by atoms with Crippen LogP contribution in [0.1, 0.15) is 16.7 Å². The lowest BCUT2D eigenvalue weighted by Gasteiger charge is -2.14. The molecule has 1 saturated heterocycles. The second kappa shape index (κ2) is 12.3. The fraction of sp³-hybridized carbons (Fsp3) is 0.172. The standard InChI is InChI=1S/C29H27N3O6S/c1-18-8-13-22(19(2)14-18)30-26(33)16-32-28(35)25(39-29(32)36)15-20-9-11-21(12-10-20)38-17-27(34)31-23-6-4-5-7-24(23)37-3/h4-15H,16-17H2,1-3H3,(H,30,33)(H,31,34)/b25-15-. The van der Waals surface area contributed by atoms with Crippen LogP contribution in [0.5, 0.6) is 11.5 Å². The van der Waals surface area contributed by atoms with Crippen molar-refractivity contribution >= 4 is 52.2 Å². The molecule has 0 unspecified atom stereocenters. The van der Waals surface area contributed by atoms with Crippen LogP contribution in [0, 0.1) is 13.8 Å². The zero-order valence-electron chi connectivity index (χ0n) is 21.6. The smallest absolute Gasteiger partial charge is 0.294 e. The summed E-state index contributed by atoms with van der Waals surface area (Å²) in [6, 6.07) is 19.4. The molecule has 0 aromatic heterocycles. The lowest BCUT2D eigenvalue weighted by molar-refractivity contribution is -0.127. The van der Waals surface area contributed by atoms with Gasteiger partial charge in [0.2, 0.25) is 5.91 Å². The average Bonchev–Trinajstić information content (AvgIpc) is 3.17. The Morgan fingerprint density at radius 1 is 0.923 bits per heavy atom. The predicted molar refractivity (Wildman–Crippen MR) is 151 cm³/mol. The number of nitrogens with zero attached hydrogens (tertiary/aromatic N) is 1. The van der Waals surface area contributed by atoms with Gasteiger partial charge in [0, 0.05) is 5.69 Å². The quantitative estimate of drug-likeness (QED) is 0.364. The normalized spacial score (nSPS) is 13.9. The molecule has 200 valence electrons. The molecule has 1 fully saturated rings. The summed E-state index contributed by atoms with van der Waals surface area (Å²) in [4.78, 5) is 51.2. The topological polar surface area (TPSA) is 114 Å². The first-order valence-corrected chi connectivity index (χ1v) is 12.8. The second-order valence-corrected chi connectivity index (χ2v) is 9.73. The minimum Gasteiger partial charge on any atom is -0.495 e. The maximum atomic E-state index is 12.8. The highest BCUT2D eigenvalue weighted by Crippen LogP contribution is 2.32. The van der Waals surface area contributed by atoms with E-state index in [1.807, 2.05) is 26.0 Å². The van der Waals surface area contributed by atoms with Crippen molar-refractivity contribution in [2.45, 2.75) is 13.8 Å². The van der Waals surface area contributed by atoms with Crippen LogP contribution in [0.4, 0.5) is 16.2 Å². The molecule has 0 saturated carbocycles. The number of thioether (sulfide) groups is 1. The molecule has 0 atom stereocenters. The van der Waals surface area contributed by atoms with Gasteiger partial charge in [0.25, 0.3) is 17.1 Å². The molecule has 1 heterocycles. The Labute approximate surface area is 230 Å². The van der Waals surface area contributed by atoms with Gasteiger partial charge in [-0.2, -0.15) is 0 Å². The van der Waals surface area contributed by atoms with E-state index in [1.54, 1.807) is 60.7 Å². The van der Waals surface area contributed by atoms with Crippen LogP contribution < -0.4 is 20.1 Å². The minimum atomic E-state index is -0.533. The monoisotopic (exact) mass is 545 g/mol. The van der Waals surface area contributed by atoms with E-state index in [0.29, 0.717) is 28.4 Å². The molecular formula is C29H27N3O6S. The van der Waals surface area contributed by atoms with Crippen LogP contribution in [-0.2, 0) is 14.4 Å². The van der Waals surface area contributed by atoms with Gasteiger partial charge in [-0.15, -0.1) is 0 Å². The van der Waals surface area contributed by atoms with Gasteiger partial charge in [0.05, 0.1) is 17.7 Å². The molecule has 4 rings (SSSR count). The summed E-state index contributed by atoms with van der Waals surface area (Å²) in [5.74, 6) is -0.338. The Hall–Kier alpha value is -4.57. The van der Waals surface area contributed by atoms with E-state index in [4.69, 9.17) is 9.47 Å². The molecular weight excluding hydrogens is 518 g/mol. The molecule has 0 bridgehead atoms. The fourth-order valence-electron chi connectivity index (χ4n) is 3.82. The van der Waals surface area contributed by atoms with Crippen molar-refractivity contribution in [1.82, 2.24) is 4.90 Å². The fourth-order valence-corrected chi connectivity index (χ4v) is 4.66. The first-order chi connectivity index (χ1) is 18.7. The lowest BCUT2D eigenvalue weighted by atomic mass is 10.1. The van der Waals surface area contributed by atoms with Gasteiger partial charge in [-0.1, -0.05) is 42.0 Å². The number of imide groups is 1. The highest BCUT2D eigenvalue weighted by molar-refractivity contribution is 8.18. The Bertz CT molecular complexity index is 1450. The zero-order chi connectivity index (χ0) is 27.9. The third-order valence-corrected chi connectivity index (χ3v) is 6.67. The SMILES string of the molecule is COc1ccccc1NC(=O)COc1ccc(/C=C2\SC(=O)N(CC(=O)Nc3ccc(C)cc3C)C2=O)cc1. The van der Waals surface area contributed by atoms with Crippen molar-refractivity contribution in [1.29, 1.82) is 0 Å². The Kier molecular flexibility index (Phi) is 8.67. The highest BCUT2D eigenvalue weighted by atomic mass is 32.2. The largest absolute Gasteiger partial charge is 0.495 e. The molecule has 0 aliphatic carbocycles. The summed E-state index contributed by atoms with van der Waals surface area (Å²) in [6.45, 7) is 3.24. The second-order valence-electron chi connectivity index (χ2n) is 8.74. The van der Waals surface area contributed by atoms with Crippen molar-refractivity contribution in [3.8, 4) is 11.5 Å². The Morgan fingerprint density at radius 2 is 1.64 bits per heavy atom.